The molecule has 1 unspecified atom stereocenters. The Hall–Kier alpha value is -6.20. The van der Waals surface area contributed by atoms with E-state index in [1.54, 1.807) is 22.2 Å². The molecule has 1 saturated heterocycles. The molecule has 0 radical (unpaired) electrons. The highest BCUT2D eigenvalue weighted by atomic mass is 35.5. The fourth-order valence-corrected chi connectivity index (χ4v) is 8.94. The first-order chi connectivity index (χ1) is 30.1. The molecule has 1 atom stereocenters. The number of hydrogen-bond donors (Lipinski definition) is 3. The average molecular weight is 866 g/mol. The molecule has 0 aliphatic carbocycles. The number of piperidine rings is 1. The summed E-state index contributed by atoms with van der Waals surface area (Å²) in [6, 6.07) is 15.9. The van der Waals surface area contributed by atoms with Crippen molar-refractivity contribution in [2.24, 2.45) is 0 Å². The smallest absolute Gasteiger partial charge is 0.274 e. The first kappa shape index (κ1) is 42.5. The number of aryl methyl sites for hydroxylation is 2. The normalized spacial score (nSPS) is 16.9. The van der Waals surface area contributed by atoms with E-state index in [4.69, 9.17) is 32.5 Å². The van der Waals surface area contributed by atoms with Crippen molar-refractivity contribution in [1.29, 1.82) is 0 Å². The van der Waals surface area contributed by atoms with Gasteiger partial charge in [-0.3, -0.25) is 14.4 Å². The molecule has 3 aromatic heterocycles. The lowest BCUT2D eigenvalue weighted by atomic mass is 9.99. The van der Waals surface area contributed by atoms with E-state index in [-0.39, 0.29) is 53.6 Å². The van der Waals surface area contributed by atoms with Gasteiger partial charge < -0.3 is 49.7 Å². The number of rotatable bonds is 16. The highest BCUT2D eigenvalue weighted by molar-refractivity contribution is 6.31. The number of halogens is 1. The summed E-state index contributed by atoms with van der Waals surface area (Å²) in [5.41, 5.74) is 14.1. The van der Waals surface area contributed by atoms with Gasteiger partial charge in [0.05, 0.1) is 45.3 Å². The predicted octanol–water partition coefficient (Wildman–Crippen LogP) is 3.50. The summed E-state index contributed by atoms with van der Waals surface area (Å²) >= 11 is 6.10. The molecule has 0 bridgehead atoms. The van der Waals surface area contributed by atoms with E-state index in [0.717, 1.165) is 93.9 Å². The molecule has 6 heterocycles. The van der Waals surface area contributed by atoms with Gasteiger partial charge in [0, 0.05) is 63.8 Å². The van der Waals surface area contributed by atoms with Gasteiger partial charge >= 0.3 is 0 Å². The number of quaternary nitrogens is 1. The van der Waals surface area contributed by atoms with Gasteiger partial charge in [-0.1, -0.05) is 35.9 Å². The SMILES string of the molecule is Nc1nc(N)c(C(=O)NC2CCC[N+](CCCc3ccc(OCC(=O)N4CCn5ccnc5C4)cc3)(CCCc3ccc(OCC(=O)N4CCn5ccnc5C4)cc3)C2)nc1Cl. The minimum atomic E-state index is -0.416. The molecule has 1 fully saturated rings. The van der Waals surface area contributed by atoms with Crippen LogP contribution in [0.15, 0.2) is 73.3 Å². The zero-order valence-corrected chi connectivity index (χ0v) is 35.6. The lowest BCUT2D eigenvalue weighted by molar-refractivity contribution is -0.933. The summed E-state index contributed by atoms with van der Waals surface area (Å²) < 4.78 is 16.8. The number of benzene rings is 2. The van der Waals surface area contributed by atoms with Crippen LogP contribution < -0.4 is 26.3 Å². The second-order valence-corrected chi connectivity index (χ2v) is 16.8. The van der Waals surface area contributed by atoms with Gasteiger partial charge in [-0.25, -0.2) is 19.9 Å². The Balaban J connectivity index is 0.847. The maximum absolute atomic E-state index is 13.4. The second kappa shape index (κ2) is 19.2. The zero-order chi connectivity index (χ0) is 43.1. The van der Waals surface area contributed by atoms with Crippen molar-refractivity contribution in [2.75, 3.05) is 63.9 Å². The van der Waals surface area contributed by atoms with Gasteiger partial charge in [0.1, 0.15) is 23.1 Å². The number of hydrogen-bond acceptors (Lipinski definition) is 11. The molecule has 3 amide bonds. The number of nitrogen functional groups attached to an aromatic ring is 2. The molecule has 62 heavy (non-hydrogen) atoms. The number of likely N-dealkylation sites (tertiary alicyclic amines) is 1. The van der Waals surface area contributed by atoms with Crippen molar-refractivity contribution in [1.82, 2.24) is 44.2 Å². The number of ether oxygens (including phenoxy) is 2. The number of carbonyl (C=O) groups is 3. The molecule has 17 nitrogen and oxygen atoms in total. The minimum Gasteiger partial charge on any atom is -0.484 e. The Kier molecular flexibility index (Phi) is 13.2. The van der Waals surface area contributed by atoms with E-state index in [0.29, 0.717) is 37.7 Å². The number of anilines is 2. The van der Waals surface area contributed by atoms with Crippen molar-refractivity contribution in [2.45, 2.75) is 70.7 Å². The van der Waals surface area contributed by atoms with E-state index in [1.807, 2.05) is 36.7 Å². The Morgan fingerprint density at radius 2 is 1.27 bits per heavy atom. The van der Waals surface area contributed by atoms with E-state index < -0.39 is 5.91 Å². The van der Waals surface area contributed by atoms with Crippen LogP contribution in [0.2, 0.25) is 5.15 Å². The van der Waals surface area contributed by atoms with Crippen molar-refractivity contribution >= 4 is 41.0 Å². The average Bonchev–Trinajstić information content (AvgIpc) is 3.96. The Labute approximate surface area is 365 Å². The predicted molar refractivity (Wildman–Crippen MR) is 232 cm³/mol. The molecule has 0 spiro atoms. The third-order valence-electron chi connectivity index (χ3n) is 12.2. The molecule has 18 heteroatoms. The zero-order valence-electron chi connectivity index (χ0n) is 34.8. The monoisotopic (exact) mass is 865 g/mol. The van der Waals surface area contributed by atoms with Crippen LogP contribution in [0.3, 0.4) is 0 Å². The summed E-state index contributed by atoms with van der Waals surface area (Å²) in [6.07, 6.45) is 12.8. The number of nitrogens with zero attached hydrogens (tertiary/aromatic N) is 9. The van der Waals surface area contributed by atoms with Crippen molar-refractivity contribution < 1.29 is 28.3 Å². The lowest BCUT2D eigenvalue weighted by Crippen LogP contribution is -2.60. The summed E-state index contributed by atoms with van der Waals surface area (Å²) in [7, 11) is 0. The molecule has 3 aliphatic heterocycles. The number of aromatic nitrogens is 6. The number of carbonyl (C=O) groups excluding carboxylic acids is 3. The number of nitrogens with one attached hydrogen (secondary N) is 1. The van der Waals surface area contributed by atoms with Crippen LogP contribution in [0.25, 0.3) is 0 Å². The third-order valence-corrected chi connectivity index (χ3v) is 12.5. The molecule has 326 valence electrons. The van der Waals surface area contributed by atoms with Crippen LogP contribution in [0.5, 0.6) is 11.5 Å². The van der Waals surface area contributed by atoms with Crippen LogP contribution in [-0.2, 0) is 48.6 Å². The summed E-state index contributed by atoms with van der Waals surface area (Å²) in [5.74, 6) is 2.49. The molecule has 8 rings (SSSR count). The minimum absolute atomic E-state index is 0.0192. The lowest BCUT2D eigenvalue weighted by Gasteiger charge is -2.45. The van der Waals surface area contributed by atoms with Gasteiger partial charge in [0.25, 0.3) is 17.7 Å². The maximum atomic E-state index is 13.4. The molecule has 2 aromatic carbocycles. The summed E-state index contributed by atoms with van der Waals surface area (Å²) in [6.45, 7) is 7.32. The Morgan fingerprint density at radius 3 is 1.81 bits per heavy atom. The van der Waals surface area contributed by atoms with Crippen LogP contribution in [0.1, 0.15) is 58.9 Å². The summed E-state index contributed by atoms with van der Waals surface area (Å²) in [4.78, 5) is 59.5. The van der Waals surface area contributed by atoms with Crippen LogP contribution in [0, 0.1) is 0 Å². The first-order valence-corrected chi connectivity index (χ1v) is 21.7. The molecule has 5 aromatic rings. The van der Waals surface area contributed by atoms with Gasteiger partial charge in [-0.05, 0) is 61.1 Å². The largest absolute Gasteiger partial charge is 0.484 e. The van der Waals surface area contributed by atoms with Crippen molar-refractivity contribution in [3.63, 3.8) is 0 Å². The fraction of sp³-hybridized carbons (Fsp3) is 0.432. The second-order valence-electron chi connectivity index (χ2n) is 16.4. The molecular weight excluding hydrogens is 812 g/mol. The standard InChI is InChI=1S/C44H53ClN12O5/c45-41-43(47)52-42(46)40(51-41)44(60)50-33-6-3-25-57(28-33,23-1-4-31-7-11-34(12-8-31)61-29-38(58)55-21-19-53-17-15-48-36(53)26-55)24-2-5-32-9-13-35(14-10-32)62-30-39(59)56-22-20-54-18-16-49-37(54)27-56/h7-18,33H,1-6,19-30H2,(H4-,46,47,50,52,60)/p+1. The van der Waals surface area contributed by atoms with Gasteiger partial charge in [-0.2, -0.15) is 0 Å². The summed E-state index contributed by atoms with van der Waals surface area (Å²) in [5, 5.41) is 3.11. The third kappa shape index (κ3) is 10.5. The number of fused-ring (bicyclic) bond motifs is 2. The van der Waals surface area contributed by atoms with Gasteiger partial charge in [-0.15, -0.1) is 0 Å². The molecule has 0 saturated carbocycles. The molecular formula is C44H54ClN12O5+. The van der Waals surface area contributed by atoms with Gasteiger partial charge in [0.15, 0.2) is 35.7 Å². The van der Waals surface area contributed by atoms with E-state index in [2.05, 4.69) is 58.7 Å². The van der Waals surface area contributed by atoms with Crippen LogP contribution in [-0.4, -0.2) is 120 Å². The Bertz CT molecular complexity index is 2230. The van der Waals surface area contributed by atoms with Gasteiger partial charge in [0.2, 0.25) is 0 Å². The maximum Gasteiger partial charge on any atom is 0.274 e. The molecule has 5 N–H and O–H groups in total. The van der Waals surface area contributed by atoms with Crippen LogP contribution >= 0.6 is 11.6 Å². The van der Waals surface area contributed by atoms with E-state index in [1.165, 1.54) is 11.1 Å². The fourth-order valence-electron chi connectivity index (χ4n) is 8.81. The van der Waals surface area contributed by atoms with Crippen molar-refractivity contribution in [3.8, 4) is 11.5 Å². The van der Waals surface area contributed by atoms with E-state index >= 15 is 0 Å². The highest BCUT2D eigenvalue weighted by Gasteiger charge is 2.36. The van der Waals surface area contributed by atoms with Crippen LogP contribution in [0.4, 0.5) is 11.6 Å². The van der Waals surface area contributed by atoms with Crippen molar-refractivity contribution in [3.05, 3.63) is 107 Å². The molecule has 3 aliphatic rings. The number of imidazole rings is 2. The number of nitrogens with two attached hydrogens (primary N) is 2. The topological polar surface area (TPSA) is 202 Å². The quantitative estimate of drug-likeness (QED) is 0.123. The first-order valence-electron chi connectivity index (χ1n) is 21.3. The Morgan fingerprint density at radius 1 is 0.742 bits per heavy atom. The highest BCUT2D eigenvalue weighted by Crippen LogP contribution is 2.25. The van der Waals surface area contributed by atoms with E-state index in [9.17, 15) is 14.4 Å². The number of amides is 3.